The molecule has 2 atom stereocenters. The van der Waals surface area contributed by atoms with Crippen molar-refractivity contribution >= 4 is 44.7 Å². The van der Waals surface area contributed by atoms with Crippen LogP contribution >= 0.6 is 11.3 Å². The standard InChI is InChI=1S/C21H24FN5O5S/c1-13-11-24(7-8-25(13)19-5-6-20(33-19)27(30)31)18-4-3-15(9-17(18)22)26-12-16(32-21(26)29)10-23-14(2)28/h3-6,9,13,16H,7-8,10-12H2,1-2H3,(H,23,28)/t13?,16-/m0/s1. The van der Waals surface area contributed by atoms with Crippen LogP contribution in [0, 0.1) is 15.9 Å². The lowest BCUT2D eigenvalue weighted by Gasteiger charge is -2.41. The molecular weight excluding hydrogens is 453 g/mol. The van der Waals surface area contributed by atoms with Crippen molar-refractivity contribution in [3.63, 3.8) is 0 Å². The van der Waals surface area contributed by atoms with Crippen LogP contribution in [-0.4, -0.2) is 61.8 Å². The number of halogens is 1. The first-order valence-corrected chi connectivity index (χ1v) is 11.3. The Morgan fingerprint density at radius 1 is 1.30 bits per heavy atom. The molecule has 2 aromatic rings. The summed E-state index contributed by atoms with van der Waals surface area (Å²) in [7, 11) is 0. The Morgan fingerprint density at radius 3 is 2.73 bits per heavy atom. The van der Waals surface area contributed by atoms with E-state index in [1.54, 1.807) is 18.2 Å². The van der Waals surface area contributed by atoms with Crippen molar-refractivity contribution < 1.29 is 23.6 Å². The van der Waals surface area contributed by atoms with Crippen LogP contribution in [0.25, 0.3) is 0 Å². The second-order valence-electron chi connectivity index (χ2n) is 8.05. The number of carbonyl (C=O) groups excluding carboxylic acids is 2. The zero-order valence-corrected chi connectivity index (χ0v) is 19.0. The van der Waals surface area contributed by atoms with Gasteiger partial charge in [0.2, 0.25) is 5.91 Å². The van der Waals surface area contributed by atoms with E-state index in [0.717, 1.165) is 16.3 Å². The molecule has 12 heteroatoms. The van der Waals surface area contributed by atoms with E-state index in [1.165, 1.54) is 24.0 Å². The van der Waals surface area contributed by atoms with Gasteiger partial charge in [-0.3, -0.25) is 19.8 Å². The van der Waals surface area contributed by atoms with Gasteiger partial charge < -0.3 is 19.9 Å². The van der Waals surface area contributed by atoms with E-state index in [0.29, 0.717) is 31.0 Å². The number of piperazine rings is 1. The highest BCUT2D eigenvalue weighted by Gasteiger charge is 2.33. The minimum atomic E-state index is -0.579. The van der Waals surface area contributed by atoms with Crippen molar-refractivity contribution in [1.82, 2.24) is 5.32 Å². The van der Waals surface area contributed by atoms with E-state index >= 15 is 4.39 Å². The van der Waals surface area contributed by atoms with Gasteiger partial charge in [0, 0.05) is 38.7 Å². The summed E-state index contributed by atoms with van der Waals surface area (Å²) in [4.78, 5) is 39.2. The molecule has 1 aromatic heterocycles. The molecule has 1 N–H and O–H groups in total. The molecule has 4 rings (SSSR count). The second kappa shape index (κ2) is 9.22. The first-order chi connectivity index (χ1) is 15.7. The Kier molecular flexibility index (Phi) is 6.36. The van der Waals surface area contributed by atoms with Gasteiger partial charge in [-0.25, -0.2) is 9.18 Å². The zero-order chi connectivity index (χ0) is 23.7. The number of amides is 2. The number of rotatable bonds is 6. The number of cyclic esters (lactones) is 1. The number of benzene rings is 1. The number of nitrogens with zero attached hydrogens (tertiary/aromatic N) is 4. The van der Waals surface area contributed by atoms with Crippen LogP contribution in [-0.2, 0) is 9.53 Å². The smallest absolute Gasteiger partial charge is 0.414 e. The molecule has 2 saturated heterocycles. The third-order valence-electron chi connectivity index (χ3n) is 5.70. The van der Waals surface area contributed by atoms with E-state index in [-0.39, 0.29) is 30.0 Å². The number of anilines is 3. The summed E-state index contributed by atoms with van der Waals surface area (Å²) in [6, 6.07) is 7.92. The Hall–Kier alpha value is -3.41. The van der Waals surface area contributed by atoms with Crippen molar-refractivity contribution in [3.05, 3.63) is 46.3 Å². The predicted octanol–water partition coefficient (Wildman–Crippen LogP) is 2.97. The number of nitrogens with one attached hydrogen (secondary N) is 1. The summed E-state index contributed by atoms with van der Waals surface area (Å²) in [5.74, 6) is -0.662. The minimum Gasteiger partial charge on any atom is -0.442 e. The molecule has 0 saturated carbocycles. The lowest BCUT2D eigenvalue weighted by molar-refractivity contribution is -0.380. The normalized spacial score (nSPS) is 20.7. The van der Waals surface area contributed by atoms with Gasteiger partial charge >= 0.3 is 11.1 Å². The maximum Gasteiger partial charge on any atom is 0.414 e. The van der Waals surface area contributed by atoms with Crippen LogP contribution in [0.4, 0.5) is 30.6 Å². The SMILES string of the molecule is CC(=O)NC[C@H]1CN(c2ccc(N3CCN(c4ccc([N+](=O)[O-])s4)C(C)C3)c(F)c2)C(=O)O1. The van der Waals surface area contributed by atoms with Gasteiger partial charge in [-0.1, -0.05) is 0 Å². The first-order valence-electron chi connectivity index (χ1n) is 10.5. The van der Waals surface area contributed by atoms with Gasteiger partial charge in [0.25, 0.3) is 0 Å². The van der Waals surface area contributed by atoms with Crippen molar-refractivity contribution in [2.24, 2.45) is 0 Å². The van der Waals surface area contributed by atoms with Crippen LogP contribution in [0.15, 0.2) is 30.3 Å². The lowest BCUT2D eigenvalue weighted by Crippen LogP contribution is -2.52. The molecule has 10 nitrogen and oxygen atoms in total. The van der Waals surface area contributed by atoms with E-state index in [4.69, 9.17) is 4.74 Å². The Labute approximate surface area is 193 Å². The molecule has 0 aliphatic carbocycles. The minimum absolute atomic E-state index is 0.0270. The molecular formula is C21H24FN5O5S. The summed E-state index contributed by atoms with van der Waals surface area (Å²) in [6.07, 6.45) is -1.07. The summed E-state index contributed by atoms with van der Waals surface area (Å²) in [5.41, 5.74) is 0.828. The Bertz CT molecular complexity index is 1080. The summed E-state index contributed by atoms with van der Waals surface area (Å²) in [6.45, 7) is 5.51. The maximum atomic E-state index is 15.0. The van der Waals surface area contributed by atoms with Crippen LogP contribution in [0.5, 0.6) is 0 Å². The van der Waals surface area contributed by atoms with E-state index in [1.807, 2.05) is 11.8 Å². The zero-order valence-electron chi connectivity index (χ0n) is 18.2. The van der Waals surface area contributed by atoms with E-state index in [2.05, 4.69) is 10.2 Å². The molecule has 176 valence electrons. The molecule has 33 heavy (non-hydrogen) atoms. The van der Waals surface area contributed by atoms with Gasteiger partial charge in [0.05, 0.1) is 34.4 Å². The fourth-order valence-electron chi connectivity index (χ4n) is 4.09. The van der Waals surface area contributed by atoms with Gasteiger partial charge in [0.1, 0.15) is 11.9 Å². The lowest BCUT2D eigenvalue weighted by atomic mass is 10.1. The maximum absolute atomic E-state index is 15.0. The monoisotopic (exact) mass is 477 g/mol. The largest absolute Gasteiger partial charge is 0.442 e. The molecule has 2 aliphatic rings. The third kappa shape index (κ3) is 4.85. The van der Waals surface area contributed by atoms with Crippen LogP contribution in [0.3, 0.4) is 0 Å². The fraction of sp³-hybridized carbons (Fsp3) is 0.429. The number of nitro groups is 1. The predicted molar refractivity (Wildman–Crippen MR) is 123 cm³/mol. The molecule has 0 radical (unpaired) electrons. The van der Waals surface area contributed by atoms with Gasteiger partial charge in [-0.15, -0.1) is 0 Å². The van der Waals surface area contributed by atoms with Crippen LogP contribution < -0.4 is 20.0 Å². The average molecular weight is 478 g/mol. The van der Waals surface area contributed by atoms with Crippen molar-refractivity contribution in [1.29, 1.82) is 0 Å². The molecule has 2 amide bonds. The molecule has 2 fully saturated rings. The second-order valence-corrected chi connectivity index (χ2v) is 9.09. The van der Waals surface area contributed by atoms with Gasteiger partial charge in [0.15, 0.2) is 0 Å². The number of ether oxygens (including phenoxy) is 1. The quantitative estimate of drug-likeness (QED) is 0.503. The highest BCUT2D eigenvalue weighted by Crippen LogP contribution is 2.35. The molecule has 0 bridgehead atoms. The topological polar surface area (TPSA) is 108 Å². The van der Waals surface area contributed by atoms with Gasteiger partial charge in [-0.2, -0.15) is 0 Å². The number of thiophene rings is 1. The third-order valence-corrected chi connectivity index (χ3v) is 6.78. The number of carbonyl (C=O) groups is 2. The molecule has 0 spiro atoms. The van der Waals surface area contributed by atoms with Crippen molar-refractivity contribution in [2.75, 3.05) is 47.4 Å². The first kappa shape index (κ1) is 22.8. The fourth-order valence-corrected chi connectivity index (χ4v) is 5.04. The molecule has 1 unspecified atom stereocenters. The number of hydrogen-bond donors (Lipinski definition) is 1. The molecule has 1 aromatic carbocycles. The van der Waals surface area contributed by atoms with Crippen LogP contribution in [0.1, 0.15) is 13.8 Å². The van der Waals surface area contributed by atoms with Gasteiger partial charge in [-0.05, 0) is 42.5 Å². The van der Waals surface area contributed by atoms with E-state index in [9.17, 15) is 19.7 Å². The van der Waals surface area contributed by atoms with E-state index < -0.39 is 22.9 Å². The highest BCUT2D eigenvalue weighted by molar-refractivity contribution is 7.19. The Morgan fingerprint density at radius 2 is 2.09 bits per heavy atom. The highest BCUT2D eigenvalue weighted by atomic mass is 32.1. The van der Waals surface area contributed by atoms with Crippen molar-refractivity contribution in [3.8, 4) is 0 Å². The Balaban J connectivity index is 1.42. The summed E-state index contributed by atoms with van der Waals surface area (Å²) in [5, 5.41) is 14.5. The molecule has 2 aliphatic heterocycles. The van der Waals surface area contributed by atoms with Crippen molar-refractivity contribution in [2.45, 2.75) is 26.0 Å². The summed E-state index contributed by atoms with van der Waals surface area (Å²) >= 11 is 1.13. The van der Waals surface area contributed by atoms with Crippen LogP contribution in [0.2, 0.25) is 0 Å². The average Bonchev–Trinajstić information content (AvgIpc) is 3.39. The summed E-state index contributed by atoms with van der Waals surface area (Å²) < 4.78 is 20.3. The molecule has 3 heterocycles. The number of hydrogen-bond acceptors (Lipinski definition) is 8.